The number of nitrogens with zero attached hydrogens (tertiary/aromatic N) is 1. The van der Waals surface area contributed by atoms with Crippen molar-refractivity contribution >= 4 is 15.8 Å². The summed E-state index contributed by atoms with van der Waals surface area (Å²) >= 11 is 0. The molecule has 17 heavy (non-hydrogen) atoms. The van der Waals surface area contributed by atoms with Crippen molar-refractivity contribution in [3.63, 3.8) is 0 Å². The first-order valence-electron chi connectivity index (χ1n) is 6.11. The van der Waals surface area contributed by atoms with Gasteiger partial charge in [0.25, 0.3) is 0 Å². The Hall–Kier alpha value is -0.620. The minimum atomic E-state index is -2.89. The first-order chi connectivity index (χ1) is 7.94. The number of rotatable bonds is 9. The highest BCUT2D eigenvalue weighted by Crippen LogP contribution is 2.27. The molecule has 0 atom stereocenters. The third kappa shape index (κ3) is 6.02. The van der Waals surface area contributed by atoms with Crippen LogP contribution in [0.5, 0.6) is 0 Å². The Labute approximate surface area is 103 Å². The smallest absolute Gasteiger partial charge is 0.304 e. The van der Waals surface area contributed by atoms with E-state index in [1.807, 2.05) is 0 Å². The summed E-state index contributed by atoms with van der Waals surface area (Å²) in [5, 5.41) is 8.63. The first-order valence-corrected chi connectivity index (χ1v) is 7.93. The Kier molecular flexibility index (Phi) is 5.39. The second kappa shape index (κ2) is 6.35. The highest BCUT2D eigenvalue weighted by Gasteiger charge is 2.28. The van der Waals surface area contributed by atoms with Gasteiger partial charge in [-0.05, 0) is 25.8 Å². The topological polar surface area (TPSA) is 74.7 Å². The molecule has 5 nitrogen and oxygen atoms in total. The van der Waals surface area contributed by atoms with Crippen molar-refractivity contribution in [3.8, 4) is 0 Å². The number of carbonyl (C=O) groups is 1. The molecule has 0 saturated heterocycles. The van der Waals surface area contributed by atoms with E-state index in [0.29, 0.717) is 25.6 Å². The van der Waals surface area contributed by atoms with E-state index in [1.54, 1.807) is 6.92 Å². The molecule has 0 bridgehead atoms. The van der Waals surface area contributed by atoms with Crippen molar-refractivity contribution in [2.24, 2.45) is 0 Å². The number of hydrogen-bond donors (Lipinski definition) is 1. The number of hydrogen-bond acceptors (Lipinski definition) is 4. The molecular formula is C11H21NO4S. The largest absolute Gasteiger partial charge is 0.481 e. The third-order valence-electron chi connectivity index (χ3n) is 3.02. The molecule has 1 fully saturated rings. The van der Waals surface area contributed by atoms with Crippen LogP contribution in [-0.2, 0) is 14.6 Å². The van der Waals surface area contributed by atoms with Crippen LogP contribution in [0.1, 0.15) is 32.6 Å². The van der Waals surface area contributed by atoms with Gasteiger partial charge in [0.15, 0.2) is 0 Å². The molecule has 100 valence electrons. The predicted molar refractivity (Wildman–Crippen MR) is 65.8 cm³/mol. The van der Waals surface area contributed by atoms with Crippen LogP contribution in [0.2, 0.25) is 0 Å². The second-order valence-electron chi connectivity index (χ2n) is 4.50. The van der Waals surface area contributed by atoms with Crippen molar-refractivity contribution < 1.29 is 18.3 Å². The van der Waals surface area contributed by atoms with E-state index in [-0.39, 0.29) is 17.9 Å². The molecule has 1 aliphatic carbocycles. The monoisotopic (exact) mass is 263 g/mol. The minimum absolute atomic E-state index is 0.136. The van der Waals surface area contributed by atoms with E-state index in [9.17, 15) is 13.2 Å². The molecule has 0 radical (unpaired) electrons. The Morgan fingerprint density at radius 3 is 2.47 bits per heavy atom. The molecule has 0 aromatic carbocycles. The van der Waals surface area contributed by atoms with Crippen LogP contribution in [0.4, 0.5) is 0 Å². The van der Waals surface area contributed by atoms with Gasteiger partial charge in [-0.2, -0.15) is 0 Å². The maximum Gasteiger partial charge on any atom is 0.304 e. The minimum Gasteiger partial charge on any atom is -0.481 e. The van der Waals surface area contributed by atoms with Crippen molar-refractivity contribution in [2.75, 3.05) is 24.6 Å². The van der Waals surface area contributed by atoms with Crippen LogP contribution in [0.25, 0.3) is 0 Å². The number of carboxylic acid groups (broad SMARTS) is 1. The lowest BCUT2D eigenvalue weighted by atomic mass is 10.3. The van der Waals surface area contributed by atoms with E-state index >= 15 is 0 Å². The van der Waals surface area contributed by atoms with Gasteiger partial charge in [0, 0.05) is 18.3 Å². The lowest BCUT2D eigenvalue weighted by Crippen LogP contribution is -2.30. The molecule has 6 heteroatoms. The lowest BCUT2D eigenvalue weighted by Gasteiger charge is -2.20. The maximum absolute atomic E-state index is 11.3. The molecule has 0 aromatic heterocycles. The van der Waals surface area contributed by atoms with Gasteiger partial charge in [-0.25, -0.2) is 8.42 Å². The first kappa shape index (κ1) is 14.4. The second-order valence-corrected chi connectivity index (χ2v) is 6.97. The predicted octanol–water partition coefficient (Wildman–Crippen LogP) is 0.750. The normalized spacial score (nSPS) is 16.4. The highest BCUT2D eigenvalue weighted by atomic mass is 32.2. The molecule has 0 amide bonds. The van der Waals surface area contributed by atoms with Crippen LogP contribution in [-0.4, -0.2) is 55.0 Å². The highest BCUT2D eigenvalue weighted by molar-refractivity contribution is 7.91. The molecule has 1 N–H and O–H groups in total. The van der Waals surface area contributed by atoms with Gasteiger partial charge in [0.05, 0.1) is 12.2 Å². The lowest BCUT2D eigenvalue weighted by molar-refractivity contribution is -0.137. The molecule has 1 rings (SSSR count). The Balaban J connectivity index is 2.27. The van der Waals surface area contributed by atoms with E-state index in [4.69, 9.17) is 5.11 Å². The van der Waals surface area contributed by atoms with Crippen LogP contribution < -0.4 is 0 Å². The van der Waals surface area contributed by atoms with Crippen LogP contribution in [0, 0.1) is 0 Å². The van der Waals surface area contributed by atoms with E-state index < -0.39 is 15.8 Å². The molecule has 0 heterocycles. The van der Waals surface area contributed by atoms with Crippen LogP contribution in [0.15, 0.2) is 0 Å². The summed E-state index contributed by atoms with van der Waals surface area (Å²) in [6.07, 6.45) is 2.96. The summed E-state index contributed by atoms with van der Waals surface area (Å²) in [5.41, 5.74) is 0. The molecular weight excluding hydrogens is 242 g/mol. The summed E-state index contributed by atoms with van der Waals surface area (Å²) in [6, 6.07) is 0.485. The number of sulfone groups is 1. The zero-order chi connectivity index (χ0) is 12.9. The Morgan fingerprint density at radius 2 is 2.00 bits per heavy atom. The van der Waals surface area contributed by atoms with E-state index in [1.165, 1.54) is 0 Å². The number of aliphatic carboxylic acids is 1. The molecule has 0 aliphatic heterocycles. The summed E-state index contributed by atoms with van der Waals surface area (Å²) in [5.74, 6) is -0.400. The Bertz CT molecular complexity index is 348. The fourth-order valence-corrected chi connectivity index (χ4v) is 2.65. The van der Waals surface area contributed by atoms with Gasteiger partial charge in [0.1, 0.15) is 9.84 Å². The van der Waals surface area contributed by atoms with Gasteiger partial charge in [-0.1, -0.05) is 6.92 Å². The van der Waals surface area contributed by atoms with Gasteiger partial charge >= 0.3 is 5.97 Å². The summed E-state index contributed by atoms with van der Waals surface area (Å²) in [6.45, 7) is 2.88. The molecule has 1 aliphatic rings. The zero-order valence-electron chi connectivity index (χ0n) is 10.3. The SMILES string of the molecule is CCS(=O)(=O)CCCN(CCC(=O)O)C1CC1. The summed E-state index contributed by atoms with van der Waals surface area (Å²) < 4.78 is 22.6. The van der Waals surface area contributed by atoms with E-state index in [0.717, 1.165) is 12.8 Å². The Morgan fingerprint density at radius 1 is 1.35 bits per heavy atom. The van der Waals surface area contributed by atoms with Crippen molar-refractivity contribution in [3.05, 3.63) is 0 Å². The molecule has 0 aromatic rings. The quantitative estimate of drug-likeness (QED) is 0.664. The van der Waals surface area contributed by atoms with Gasteiger partial charge in [-0.3, -0.25) is 9.69 Å². The molecule has 1 saturated carbocycles. The zero-order valence-corrected chi connectivity index (χ0v) is 11.1. The van der Waals surface area contributed by atoms with Gasteiger partial charge < -0.3 is 5.11 Å². The fourth-order valence-electron chi connectivity index (χ4n) is 1.79. The average Bonchev–Trinajstić information content (AvgIpc) is 3.06. The summed E-state index contributed by atoms with van der Waals surface area (Å²) in [7, 11) is -2.89. The van der Waals surface area contributed by atoms with Crippen molar-refractivity contribution in [2.45, 2.75) is 38.6 Å². The van der Waals surface area contributed by atoms with Crippen LogP contribution in [0.3, 0.4) is 0 Å². The van der Waals surface area contributed by atoms with Crippen LogP contribution >= 0.6 is 0 Å². The third-order valence-corrected chi connectivity index (χ3v) is 4.81. The van der Waals surface area contributed by atoms with Crippen molar-refractivity contribution in [1.29, 1.82) is 0 Å². The van der Waals surface area contributed by atoms with Crippen molar-refractivity contribution in [1.82, 2.24) is 4.90 Å². The maximum atomic E-state index is 11.3. The van der Waals surface area contributed by atoms with Gasteiger partial charge in [0.2, 0.25) is 0 Å². The average molecular weight is 263 g/mol. The standard InChI is InChI=1S/C11H21NO4S/c1-2-17(15,16)9-3-7-12(10-4-5-10)8-6-11(13)14/h10H,2-9H2,1H3,(H,13,14). The van der Waals surface area contributed by atoms with Gasteiger partial charge in [-0.15, -0.1) is 0 Å². The number of carboxylic acids is 1. The molecule has 0 unspecified atom stereocenters. The summed E-state index contributed by atoms with van der Waals surface area (Å²) in [4.78, 5) is 12.6. The van der Waals surface area contributed by atoms with E-state index in [2.05, 4.69) is 4.90 Å². The fraction of sp³-hybridized carbons (Fsp3) is 0.909. The molecule has 0 spiro atoms.